The highest BCUT2D eigenvalue weighted by atomic mass is 16.7. The summed E-state index contributed by atoms with van der Waals surface area (Å²) in [6, 6.07) is 19.8. The maximum atomic E-state index is 13.3. The fourth-order valence-corrected chi connectivity index (χ4v) is 4.97. The van der Waals surface area contributed by atoms with Crippen molar-refractivity contribution < 1.29 is 28.6 Å². The Kier molecular flexibility index (Phi) is 5.33. The van der Waals surface area contributed by atoms with E-state index in [1.807, 2.05) is 42.5 Å². The molecule has 0 bridgehead atoms. The van der Waals surface area contributed by atoms with E-state index >= 15 is 0 Å². The van der Waals surface area contributed by atoms with Crippen molar-refractivity contribution in [3.63, 3.8) is 0 Å². The minimum atomic E-state index is -0.716. The molecule has 2 aliphatic heterocycles. The zero-order chi connectivity index (χ0) is 25.7. The van der Waals surface area contributed by atoms with Crippen LogP contribution in [0.25, 0.3) is 10.9 Å². The van der Waals surface area contributed by atoms with E-state index < -0.39 is 11.9 Å². The van der Waals surface area contributed by atoms with E-state index in [2.05, 4.69) is 5.43 Å². The van der Waals surface area contributed by atoms with Gasteiger partial charge in [0.25, 0.3) is 5.91 Å². The van der Waals surface area contributed by atoms with Crippen molar-refractivity contribution >= 4 is 28.6 Å². The molecule has 6 rings (SSSR count). The van der Waals surface area contributed by atoms with Gasteiger partial charge in [-0.25, -0.2) is 5.01 Å². The van der Waals surface area contributed by atoms with E-state index in [1.54, 1.807) is 24.3 Å². The smallest absolute Gasteiger partial charge is 0.287 e. The lowest BCUT2D eigenvalue weighted by atomic mass is 9.93. The van der Waals surface area contributed by atoms with E-state index in [-0.39, 0.29) is 24.3 Å². The molecule has 186 valence electrons. The van der Waals surface area contributed by atoms with Gasteiger partial charge in [0, 0.05) is 24.8 Å². The second-order valence-corrected chi connectivity index (χ2v) is 8.92. The Morgan fingerprint density at radius 1 is 0.973 bits per heavy atom. The largest absolute Gasteiger partial charge is 0.489 e. The minimum absolute atomic E-state index is 0.105. The quantitative estimate of drug-likeness (QED) is 0.454. The van der Waals surface area contributed by atoms with Crippen LogP contribution in [0.4, 0.5) is 0 Å². The Balaban J connectivity index is 1.54. The van der Waals surface area contributed by atoms with Crippen LogP contribution in [0.3, 0.4) is 0 Å². The van der Waals surface area contributed by atoms with E-state index in [1.165, 1.54) is 23.4 Å². The molecule has 2 amide bonds. The Morgan fingerprint density at radius 3 is 2.51 bits per heavy atom. The van der Waals surface area contributed by atoms with Crippen LogP contribution in [0.2, 0.25) is 0 Å². The van der Waals surface area contributed by atoms with Crippen LogP contribution in [0.15, 0.2) is 66.7 Å². The fraction of sp³-hybridized carbons (Fsp3) is 0.179. The van der Waals surface area contributed by atoms with Gasteiger partial charge in [-0.2, -0.15) is 0 Å². The molecule has 1 aromatic heterocycles. The fourth-order valence-electron chi connectivity index (χ4n) is 4.97. The summed E-state index contributed by atoms with van der Waals surface area (Å²) in [5, 5.41) is 1.92. The molecule has 37 heavy (non-hydrogen) atoms. The standard InChI is InChI=1S/C28H23N3O6/c1-16(32)30-22-10-9-20(35-14-18-6-4-3-5-7-18)13-21(22)25-26(31(17(2)33)29-28(34)27(25)30)19-8-11-23-24(12-19)37-15-36-23/h3-13,26H,14-15H2,1-2H3,(H,29,34). The maximum absolute atomic E-state index is 13.3. The number of hydrogen-bond donors (Lipinski definition) is 1. The molecule has 0 aliphatic carbocycles. The molecule has 0 saturated heterocycles. The molecule has 4 aromatic rings. The highest BCUT2D eigenvalue weighted by Gasteiger charge is 2.40. The first-order chi connectivity index (χ1) is 17.9. The first-order valence-electron chi connectivity index (χ1n) is 11.8. The number of nitrogens with zero attached hydrogens (tertiary/aromatic N) is 2. The summed E-state index contributed by atoms with van der Waals surface area (Å²) in [7, 11) is 0. The van der Waals surface area contributed by atoms with Gasteiger partial charge in [0.1, 0.15) is 24.1 Å². The number of hydrogen-bond acceptors (Lipinski definition) is 6. The lowest BCUT2D eigenvalue weighted by Crippen LogP contribution is -2.52. The second-order valence-electron chi connectivity index (χ2n) is 8.92. The lowest BCUT2D eigenvalue weighted by molar-refractivity contribution is -0.133. The zero-order valence-corrected chi connectivity index (χ0v) is 20.2. The molecule has 9 nitrogen and oxygen atoms in total. The van der Waals surface area contributed by atoms with Crippen LogP contribution in [-0.2, 0) is 11.4 Å². The van der Waals surface area contributed by atoms with Gasteiger partial charge in [-0.1, -0.05) is 36.4 Å². The highest BCUT2D eigenvalue weighted by molar-refractivity contribution is 6.09. The van der Waals surface area contributed by atoms with Crippen LogP contribution in [-0.4, -0.2) is 34.1 Å². The summed E-state index contributed by atoms with van der Waals surface area (Å²) in [5.74, 6) is 0.495. The number of rotatable bonds is 4. The maximum Gasteiger partial charge on any atom is 0.287 e. The molecule has 2 aliphatic rings. The summed E-state index contributed by atoms with van der Waals surface area (Å²) < 4.78 is 18.5. The molecule has 3 heterocycles. The molecule has 1 unspecified atom stereocenters. The van der Waals surface area contributed by atoms with Crippen molar-refractivity contribution in [2.45, 2.75) is 26.5 Å². The van der Waals surface area contributed by atoms with E-state index in [4.69, 9.17) is 14.2 Å². The summed E-state index contributed by atoms with van der Waals surface area (Å²) in [4.78, 5) is 38.8. The third kappa shape index (κ3) is 3.76. The number of ether oxygens (including phenoxy) is 3. The Hall–Kier alpha value is -4.79. The number of amides is 2. The predicted octanol–water partition coefficient (Wildman–Crippen LogP) is 4.21. The minimum Gasteiger partial charge on any atom is -0.489 e. The van der Waals surface area contributed by atoms with E-state index in [9.17, 15) is 14.4 Å². The van der Waals surface area contributed by atoms with Crippen LogP contribution in [0.1, 0.15) is 51.9 Å². The number of fused-ring (bicyclic) bond motifs is 4. The molecular formula is C28H23N3O6. The van der Waals surface area contributed by atoms with Gasteiger partial charge >= 0.3 is 0 Å². The molecule has 1 atom stereocenters. The number of carbonyl (C=O) groups excluding carboxylic acids is 3. The lowest BCUT2D eigenvalue weighted by Gasteiger charge is -2.36. The normalized spacial score (nSPS) is 15.9. The molecule has 0 fully saturated rings. The zero-order valence-electron chi connectivity index (χ0n) is 20.2. The topological polar surface area (TPSA) is 99.1 Å². The van der Waals surface area contributed by atoms with Gasteiger partial charge in [-0.15, -0.1) is 0 Å². The van der Waals surface area contributed by atoms with Crippen molar-refractivity contribution in [1.82, 2.24) is 15.0 Å². The first-order valence-corrected chi connectivity index (χ1v) is 11.8. The number of nitrogens with one attached hydrogen (secondary N) is 1. The Labute approximate surface area is 212 Å². The Morgan fingerprint density at radius 2 is 1.76 bits per heavy atom. The van der Waals surface area contributed by atoms with Crippen molar-refractivity contribution in [3.8, 4) is 17.2 Å². The monoisotopic (exact) mass is 497 g/mol. The number of hydrazine groups is 1. The summed E-state index contributed by atoms with van der Waals surface area (Å²) in [6.07, 6.45) is 0. The van der Waals surface area contributed by atoms with Gasteiger partial charge in [0.2, 0.25) is 18.6 Å². The summed E-state index contributed by atoms with van der Waals surface area (Å²) in [5.41, 5.74) is 5.64. The first kappa shape index (κ1) is 22.7. The van der Waals surface area contributed by atoms with Gasteiger partial charge < -0.3 is 14.2 Å². The number of aromatic nitrogens is 1. The van der Waals surface area contributed by atoms with Crippen LogP contribution in [0.5, 0.6) is 17.2 Å². The van der Waals surface area contributed by atoms with Crippen molar-refractivity contribution in [2.24, 2.45) is 0 Å². The van der Waals surface area contributed by atoms with Gasteiger partial charge in [0.15, 0.2) is 11.5 Å². The van der Waals surface area contributed by atoms with E-state index in [0.29, 0.717) is 45.9 Å². The molecule has 0 saturated carbocycles. The van der Waals surface area contributed by atoms with Crippen molar-refractivity contribution in [3.05, 3.63) is 89.1 Å². The average molecular weight is 498 g/mol. The molecule has 3 aromatic carbocycles. The van der Waals surface area contributed by atoms with Gasteiger partial charge in [0.05, 0.1) is 5.52 Å². The molecular weight excluding hydrogens is 474 g/mol. The third-order valence-corrected chi connectivity index (χ3v) is 6.56. The van der Waals surface area contributed by atoms with Crippen LogP contribution < -0.4 is 19.6 Å². The van der Waals surface area contributed by atoms with Gasteiger partial charge in [-0.3, -0.25) is 24.4 Å². The average Bonchev–Trinajstić information content (AvgIpc) is 3.50. The van der Waals surface area contributed by atoms with Crippen LogP contribution in [0, 0.1) is 0 Å². The molecule has 9 heteroatoms. The second kappa shape index (κ2) is 8.70. The Bertz CT molecular complexity index is 1580. The molecule has 0 radical (unpaired) electrons. The summed E-state index contributed by atoms with van der Waals surface area (Å²) in [6.45, 7) is 3.24. The van der Waals surface area contributed by atoms with Crippen molar-refractivity contribution in [2.75, 3.05) is 6.79 Å². The van der Waals surface area contributed by atoms with Crippen LogP contribution >= 0.6 is 0 Å². The predicted molar refractivity (Wildman–Crippen MR) is 133 cm³/mol. The molecule has 0 spiro atoms. The number of carbonyl (C=O) groups is 3. The number of benzene rings is 3. The van der Waals surface area contributed by atoms with Crippen molar-refractivity contribution in [1.29, 1.82) is 0 Å². The summed E-state index contributed by atoms with van der Waals surface area (Å²) >= 11 is 0. The SMILES string of the molecule is CC(=O)N1NC(=O)c2c(c3cc(OCc4ccccc4)ccc3n2C(C)=O)C1c1ccc2c(c1)OCO2. The third-order valence-electron chi connectivity index (χ3n) is 6.56. The highest BCUT2D eigenvalue weighted by Crippen LogP contribution is 2.44. The van der Waals surface area contributed by atoms with E-state index in [0.717, 1.165) is 5.56 Å². The van der Waals surface area contributed by atoms with Gasteiger partial charge in [-0.05, 0) is 41.5 Å². The molecule has 1 N–H and O–H groups in total.